The van der Waals surface area contributed by atoms with Crippen molar-refractivity contribution in [3.05, 3.63) is 47.7 Å². The lowest BCUT2D eigenvalue weighted by Gasteiger charge is -2.51. The highest BCUT2D eigenvalue weighted by Crippen LogP contribution is 2.49. The van der Waals surface area contributed by atoms with Gasteiger partial charge in [0.1, 0.15) is 0 Å². The average Bonchev–Trinajstić information content (AvgIpc) is 3.08. The topological polar surface area (TPSA) is 66.2 Å². The van der Waals surface area contributed by atoms with E-state index in [1.165, 1.54) is 24.8 Å². The molecule has 2 aliphatic carbocycles. The molecule has 7 nitrogen and oxygen atoms in total. The van der Waals surface area contributed by atoms with E-state index in [0.717, 1.165) is 32.2 Å². The van der Waals surface area contributed by atoms with E-state index in [0.29, 0.717) is 30.5 Å². The van der Waals surface area contributed by atoms with Gasteiger partial charge in [-0.15, -0.1) is 0 Å². The summed E-state index contributed by atoms with van der Waals surface area (Å²) in [6.07, 6.45) is 9.34. The van der Waals surface area contributed by atoms with Crippen molar-refractivity contribution in [2.75, 3.05) is 40.8 Å². The second kappa shape index (κ2) is 8.74. The summed E-state index contributed by atoms with van der Waals surface area (Å²) in [5.74, 6) is 1.29. The van der Waals surface area contributed by atoms with Crippen molar-refractivity contribution < 1.29 is 4.79 Å². The highest BCUT2D eigenvalue weighted by atomic mass is 16.2. The van der Waals surface area contributed by atoms with E-state index in [4.69, 9.17) is 0 Å². The van der Waals surface area contributed by atoms with Crippen LogP contribution in [-0.4, -0.2) is 77.9 Å². The Morgan fingerprint density at radius 1 is 1.15 bits per heavy atom. The average molecular weight is 461 g/mol. The van der Waals surface area contributed by atoms with Crippen molar-refractivity contribution in [1.82, 2.24) is 19.6 Å². The van der Waals surface area contributed by atoms with Crippen LogP contribution < -0.4 is 0 Å². The minimum absolute atomic E-state index is 0.00526. The largest absolute Gasteiger partial charge is 0.340 e. The first-order valence-corrected chi connectivity index (χ1v) is 12.6. The standard InChI is InChI=1S/C27H36N6O/c1-30(2)27(23-10-5-4-6-11-23)14-12-26(13-15-27)20-32(24-29-17-22(16-28)18-31(24)3)25(34)33(26)19-21-8-7-9-21/h4-6,10-11,17,21H,7-9,12-15,18-20H2,1-3H3. The Balaban J connectivity index is 1.45. The number of amides is 2. The summed E-state index contributed by atoms with van der Waals surface area (Å²) < 4.78 is 0. The van der Waals surface area contributed by atoms with Gasteiger partial charge in [0.25, 0.3) is 0 Å². The predicted octanol–water partition coefficient (Wildman–Crippen LogP) is 4.00. The predicted molar refractivity (Wildman–Crippen MR) is 133 cm³/mol. The Morgan fingerprint density at radius 3 is 2.41 bits per heavy atom. The van der Waals surface area contributed by atoms with E-state index < -0.39 is 0 Å². The quantitative estimate of drug-likeness (QED) is 0.681. The minimum atomic E-state index is -0.163. The molecule has 2 heterocycles. The zero-order valence-electron chi connectivity index (χ0n) is 20.7. The molecule has 1 spiro atoms. The molecule has 4 aliphatic rings. The summed E-state index contributed by atoms with van der Waals surface area (Å²) in [4.78, 5) is 26.8. The molecule has 7 heteroatoms. The van der Waals surface area contributed by atoms with Crippen LogP contribution in [-0.2, 0) is 5.54 Å². The van der Waals surface area contributed by atoms with E-state index >= 15 is 0 Å². The fourth-order valence-electron chi connectivity index (χ4n) is 6.40. The number of carbonyl (C=O) groups is 1. The van der Waals surface area contributed by atoms with E-state index in [-0.39, 0.29) is 17.1 Å². The van der Waals surface area contributed by atoms with E-state index in [1.807, 2.05) is 16.8 Å². The molecule has 3 fully saturated rings. The molecule has 0 bridgehead atoms. The zero-order chi connectivity index (χ0) is 23.9. The number of hydrogen-bond acceptors (Lipinski definition) is 5. The van der Waals surface area contributed by atoms with Crippen LogP contribution in [0.2, 0.25) is 0 Å². The van der Waals surface area contributed by atoms with Gasteiger partial charge in [0.2, 0.25) is 5.96 Å². The molecule has 1 aromatic carbocycles. The number of guanidine groups is 1. The van der Waals surface area contributed by atoms with Gasteiger partial charge in [0.05, 0.1) is 30.3 Å². The maximum atomic E-state index is 13.9. The molecule has 34 heavy (non-hydrogen) atoms. The number of nitriles is 1. The summed E-state index contributed by atoms with van der Waals surface area (Å²) in [5.41, 5.74) is 1.82. The molecule has 1 aromatic rings. The number of benzene rings is 1. The molecular weight excluding hydrogens is 424 g/mol. The lowest BCUT2D eigenvalue weighted by atomic mass is 9.68. The Bertz CT molecular complexity index is 1030. The lowest BCUT2D eigenvalue weighted by Crippen LogP contribution is -2.56. The minimum Gasteiger partial charge on any atom is -0.340 e. The molecule has 0 radical (unpaired) electrons. The van der Waals surface area contributed by atoms with Crippen LogP contribution in [0, 0.1) is 17.2 Å². The van der Waals surface area contributed by atoms with Crippen LogP contribution in [0.4, 0.5) is 4.79 Å². The molecule has 0 N–H and O–H groups in total. The number of rotatable bonds is 4. The van der Waals surface area contributed by atoms with Crippen molar-refractivity contribution in [2.24, 2.45) is 10.9 Å². The highest BCUT2D eigenvalue weighted by Gasteiger charge is 2.56. The Hall–Kier alpha value is -2.85. The second-order valence-electron chi connectivity index (χ2n) is 10.8. The van der Waals surface area contributed by atoms with Crippen molar-refractivity contribution >= 4 is 12.0 Å². The van der Waals surface area contributed by atoms with Crippen molar-refractivity contribution in [1.29, 1.82) is 5.26 Å². The zero-order valence-corrected chi connectivity index (χ0v) is 20.7. The van der Waals surface area contributed by atoms with Crippen LogP contribution in [0.1, 0.15) is 50.5 Å². The number of nitrogens with zero attached hydrogens (tertiary/aromatic N) is 6. The van der Waals surface area contributed by atoms with Crippen molar-refractivity contribution in [3.63, 3.8) is 0 Å². The van der Waals surface area contributed by atoms with Crippen molar-refractivity contribution in [3.8, 4) is 6.07 Å². The molecule has 180 valence electrons. The Labute approximate surface area is 203 Å². The summed E-state index contributed by atoms with van der Waals surface area (Å²) in [7, 11) is 6.30. The van der Waals surface area contributed by atoms with Gasteiger partial charge in [-0.2, -0.15) is 5.26 Å². The molecule has 2 aliphatic heterocycles. The molecular formula is C27H36N6O. The molecule has 0 unspecified atom stereocenters. The number of urea groups is 1. The van der Waals surface area contributed by atoms with Gasteiger partial charge in [-0.25, -0.2) is 9.79 Å². The number of likely N-dealkylation sites (N-methyl/N-ethyl adjacent to an activating group) is 1. The molecule has 2 amide bonds. The van der Waals surface area contributed by atoms with Gasteiger partial charge >= 0.3 is 6.03 Å². The fraction of sp³-hybridized carbons (Fsp3) is 0.593. The van der Waals surface area contributed by atoms with Gasteiger partial charge in [-0.05, 0) is 64.1 Å². The van der Waals surface area contributed by atoms with Crippen LogP contribution in [0.15, 0.2) is 47.1 Å². The first kappa shape index (κ1) is 22.9. The summed E-state index contributed by atoms with van der Waals surface area (Å²) in [6, 6.07) is 13.1. The molecule has 5 rings (SSSR count). The summed E-state index contributed by atoms with van der Waals surface area (Å²) >= 11 is 0. The number of aliphatic imine (C=N–C) groups is 1. The highest BCUT2D eigenvalue weighted by molar-refractivity contribution is 5.99. The number of carbonyl (C=O) groups excluding carboxylic acids is 1. The molecule has 1 saturated heterocycles. The smallest absolute Gasteiger partial charge is 0.327 e. The molecule has 0 atom stereocenters. The number of hydrogen-bond donors (Lipinski definition) is 0. The van der Waals surface area contributed by atoms with E-state index in [1.54, 1.807) is 6.20 Å². The summed E-state index contributed by atoms with van der Waals surface area (Å²) in [5, 5.41) is 9.27. The second-order valence-corrected chi connectivity index (χ2v) is 10.8. The monoisotopic (exact) mass is 460 g/mol. The van der Waals surface area contributed by atoms with Crippen LogP contribution >= 0.6 is 0 Å². The van der Waals surface area contributed by atoms with E-state index in [9.17, 15) is 10.1 Å². The Morgan fingerprint density at radius 2 is 1.85 bits per heavy atom. The first-order chi connectivity index (χ1) is 16.4. The van der Waals surface area contributed by atoms with Crippen LogP contribution in [0.25, 0.3) is 0 Å². The van der Waals surface area contributed by atoms with Gasteiger partial charge in [0.15, 0.2) is 0 Å². The van der Waals surface area contributed by atoms with Crippen LogP contribution in [0.5, 0.6) is 0 Å². The van der Waals surface area contributed by atoms with Crippen LogP contribution in [0.3, 0.4) is 0 Å². The third kappa shape index (κ3) is 3.69. The lowest BCUT2D eigenvalue weighted by molar-refractivity contribution is 0.0164. The Kier molecular flexibility index (Phi) is 5.89. The van der Waals surface area contributed by atoms with E-state index in [2.05, 4.69) is 65.3 Å². The third-order valence-electron chi connectivity index (χ3n) is 8.80. The van der Waals surface area contributed by atoms with Gasteiger partial charge in [-0.3, -0.25) is 9.80 Å². The SMILES string of the molecule is CN1CC(C#N)=CN=C1N1CC2(CCC(c3ccccc3)(N(C)C)CC2)N(CC2CCC2)C1=O. The molecule has 2 saturated carbocycles. The van der Waals surface area contributed by atoms with Gasteiger partial charge in [-0.1, -0.05) is 36.8 Å². The first-order valence-electron chi connectivity index (χ1n) is 12.6. The maximum Gasteiger partial charge on any atom is 0.327 e. The summed E-state index contributed by atoms with van der Waals surface area (Å²) in [6.45, 7) is 2.02. The normalized spacial score (nSPS) is 29.9. The molecule has 0 aromatic heterocycles. The maximum absolute atomic E-state index is 13.9. The van der Waals surface area contributed by atoms with Gasteiger partial charge < -0.3 is 9.80 Å². The van der Waals surface area contributed by atoms with Crippen molar-refractivity contribution in [2.45, 2.75) is 56.0 Å². The van der Waals surface area contributed by atoms with Gasteiger partial charge in [0, 0.05) is 25.3 Å². The third-order valence-corrected chi connectivity index (χ3v) is 8.80. The fourth-order valence-corrected chi connectivity index (χ4v) is 6.40.